The first kappa shape index (κ1) is 14.5. The summed E-state index contributed by atoms with van der Waals surface area (Å²) in [6.07, 6.45) is 2.18. The van der Waals surface area contributed by atoms with Gasteiger partial charge in [0.25, 0.3) is 5.91 Å². The molecular weight excluding hydrogens is 274 g/mol. The van der Waals surface area contributed by atoms with Crippen molar-refractivity contribution in [1.82, 2.24) is 14.9 Å². The highest BCUT2D eigenvalue weighted by Crippen LogP contribution is 2.12. The van der Waals surface area contributed by atoms with Gasteiger partial charge in [-0.05, 0) is 35.6 Å². The molecule has 106 valence electrons. The van der Waals surface area contributed by atoms with Crippen molar-refractivity contribution in [2.75, 3.05) is 6.61 Å². The lowest BCUT2D eigenvalue weighted by molar-refractivity contribution is 0.0946. The second-order valence-corrected chi connectivity index (χ2v) is 4.93. The molecule has 1 N–H and O–H groups in total. The number of carbonyl (C=O) groups excluding carboxylic acids is 1. The fourth-order valence-electron chi connectivity index (χ4n) is 1.57. The Kier molecular flexibility index (Phi) is 5.49. The number of hydrogen-bond donors (Lipinski definition) is 1. The van der Waals surface area contributed by atoms with Crippen molar-refractivity contribution in [2.45, 2.75) is 26.3 Å². The van der Waals surface area contributed by atoms with Crippen LogP contribution in [-0.4, -0.2) is 22.1 Å². The number of unbranched alkanes of at least 4 members (excludes halogenated alkanes) is 1. The maximum Gasteiger partial charge on any atom is 0.273 e. The van der Waals surface area contributed by atoms with Crippen LogP contribution in [0.4, 0.5) is 0 Å². The molecule has 0 bridgehead atoms. The number of nitrogens with one attached hydrogen (secondary N) is 1. The minimum Gasteiger partial charge on any atom is -0.494 e. The molecule has 20 heavy (non-hydrogen) atoms. The molecular formula is C14H17N3O2S. The molecule has 0 saturated carbocycles. The Bertz CT molecular complexity index is 526. The molecule has 0 spiro atoms. The van der Waals surface area contributed by atoms with E-state index in [2.05, 4.69) is 21.8 Å². The Labute approximate surface area is 122 Å². The Morgan fingerprint density at radius 2 is 2.15 bits per heavy atom. The highest BCUT2D eigenvalue weighted by atomic mass is 32.1. The average Bonchev–Trinajstić information content (AvgIpc) is 3.01. The van der Waals surface area contributed by atoms with Crippen LogP contribution in [0.5, 0.6) is 5.75 Å². The van der Waals surface area contributed by atoms with Gasteiger partial charge in [-0.2, -0.15) is 0 Å². The quantitative estimate of drug-likeness (QED) is 0.797. The molecule has 2 rings (SSSR count). The van der Waals surface area contributed by atoms with E-state index >= 15 is 0 Å². The third kappa shape index (κ3) is 4.31. The molecule has 1 aromatic heterocycles. The largest absolute Gasteiger partial charge is 0.494 e. The summed E-state index contributed by atoms with van der Waals surface area (Å²) in [4.78, 5) is 11.7. The summed E-state index contributed by atoms with van der Waals surface area (Å²) in [5.74, 6) is 0.652. The first-order valence-corrected chi connectivity index (χ1v) is 7.40. The van der Waals surface area contributed by atoms with E-state index < -0.39 is 0 Å². The second-order valence-electron chi connectivity index (χ2n) is 4.32. The Balaban J connectivity index is 1.80. The van der Waals surface area contributed by atoms with Crippen LogP contribution in [0.15, 0.2) is 29.6 Å². The molecule has 0 aliphatic carbocycles. The van der Waals surface area contributed by atoms with E-state index in [9.17, 15) is 4.79 Å². The van der Waals surface area contributed by atoms with E-state index in [1.807, 2.05) is 24.3 Å². The molecule has 5 nitrogen and oxygen atoms in total. The van der Waals surface area contributed by atoms with E-state index in [-0.39, 0.29) is 5.91 Å². The smallest absolute Gasteiger partial charge is 0.273 e. The van der Waals surface area contributed by atoms with Gasteiger partial charge in [-0.3, -0.25) is 4.79 Å². The van der Waals surface area contributed by atoms with Gasteiger partial charge in [-0.15, -0.1) is 5.10 Å². The van der Waals surface area contributed by atoms with Gasteiger partial charge in [0.05, 0.1) is 6.61 Å². The zero-order valence-corrected chi connectivity index (χ0v) is 12.2. The van der Waals surface area contributed by atoms with Gasteiger partial charge in [0, 0.05) is 11.9 Å². The maximum absolute atomic E-state index is 11.7. The third-order valence-electron chi connectivity index (χ3n) is 2.74. The average molecular weight is 291 g/mol. The van der Waals surface area contributed by atoms with Crippen LogP contribution in [-0.2, 0) is 6.54 Å². The standard InChI is InChI=1S/C14H17N3O2S/c1-2-3-8-19-12-6-4-11(5-7-12)9-15-14(18)13-10-20-17-16-13/h4-7,10H,2-3,8-9H2,1H3,(H,15,18). The summed E-state index contributed by atoms with van der Waals surface area (Å²) < 4.78 is 9.24. The molecule has 0 saturated heterocycles. The summed E-state index contributed by atoms with van der Waals surface area (Å²) in [6, 6.07) is 7.73. The van der Waals surface area contributed by atoms with Crippen LogP contribution in [0.3, 0.4) is 0 Å². The van der Waals surface area contributed by atoms with Crippen molar-refractivity contribution in [2.24, 2.45) is 0 Å². The third-order valence-corrected chi connectivity index (χ3v) is 3.24. The van der Waals surface area contributed by atoms with Gasteiger partial charge < -0.3 is 10.1 Å². The number of aromatic nitrogens is 2. The van der Waals surface area contributed by atoms with Crippen molar-refractivity contribution in [3.63, 3.8) is 0 Å². The lowest BCUT2D eigenvalue weighted by Gasteiger charge is -2.07. The van der Waals surface area contributed by atoms with Crippen molar-refractivity contribution < 1.29 is 9.53 Å². The minimum absolute atomic E-state index is 0.206. The van der Waals surface area contributed by atoms with Gasteiger partial charge in [0.1, 0.15) is 5.75 Å². The van der Waals surface area contributed by atoms with Gasteiger partial charge in [-0.1, -0.05) is 30.0 Å². The molecule has 1 heterocycles. The van der Waals surface area contributed by atoms with E-state index in [0.717, 1.165) is 42.3 Å². The molecule has 0 aliphatic heterocycles. The van der Waals surface area contributed by atoms with Crippen LogP contribution in [0.2, 0.25) is 0 Å². The van der Waals surface area contributed by atoms with Crippen molar-refractivity contribution in [3.8, 4) is 5.75 Å². The number of nitrogens with zero attached hydrogens (tertiary/aromatic N) is 2. The van der Waals surface area contributed by atoms with Gasteiger partial charge >= 0.3 is 0 Å². The molecule has 0 fully saturated rings. The summed E-state index contributed by atoms with van der Waals surface area (Å²) in [5.41, 5.74) is 1.37. The number of carbonyl (C=O) groups is 1. The van der Waals surface area contributed by atoms with Gasteiger partial charge in [0.15, 0.2) is 5.69 Å². The van der Waals surface area contributed by atoms with Gasteiger partial charge in [-0.25, -0.2) is 0 Å². The second kappa shape index (κ2) is 7.59. The number of benzene rings is 1. The molecule has 1 aromatic carbocycles. The SMILES string of the molecule is CCCCOc1ccc(CNC(=O)c2csnn2)cc1. The Morgan fingerprint density at radius 1 is 1.35 bits per heavy atom. The molecule has 0 unspecified atom stereocenters. The molecule has 0 atom stereocenters. The first-order valence-electron chi connectivity index (χ1n) is 6.56. The molecule has 0 radical (unpaired) electrons. The van der Waals surface area contributed by atoms with E-state index in [4.69, 9.17) is 4.74 Å². The lowest BCUT2D eigenvalue weighted by atomic mass is 10.2. The number of ether oxygens (including phenoxy) is 1. The van der Waals surface area contributed by atoms with Crippen molar-refractivity contribution in [3.05, 3.63) is 40.9 Å². The van der Waals surface area contributed by atoms with E-state index in [1.54, 1.807) is 5.38 Å². The first-order chi connectivity index (χ1) is 9.79. The highest BCUT2D eigenvalue weighted by Gasteiger charge is 2.07. The predicted octanol–water partition coefficient (Wildman–Crippen LogP) is 2.65. The van der Waals surface area contributed by atoms with Crippen LogP contribution in [0.25, 0.3) is 0 Å². The normalized spacial score (nSPS) is 10.2. The van der Waals surface area contributed by atoms with Crippen LogP contribution >= 0.6 is 11.5 Å². The monoisotopic (exact) mass is 291 g/mol. The van der Waals surface area contributed by atoms with Gasteiger partial charge in [0.2, 0.25) is 0 Å². The van der Waals surface area contributed by atoms with Crippen molar-refractivity contribution in [1.29, 1.82) is 0 Å². The van der Waals surface area contributed by atoms with E-state index in [0.29, 0.717) is 12.2 Å². The number of hydrogen-bond acceptors (Lipinski definition) is 5. The topological polar surface area (TPSA) is 64.1 Å². The maximum atomic E-state index is 11.7. The van der Waals surface area contributed by atoms with Crippen LogP contribution in [0, 0.1) is 0 Å². The Hall–Kier alpha value is -1.95. The van der Waals surface area contributed by atoms with Crippen LogP contribution in [0.1, 0.15) is 35.8 Å². The zero-order chi connectivity index (χ0) is 14.2. The predicted molar refractivity (Wildman–Crippen MR) is 77.9 cm³/mol. The fourth-order valence-corrected chi connectivity index (χ4v) is 2.01. The van der Waals surface area contributed by atoms with E-state index in [1.165, 1.54) is 0 Å². The fraction of sp³-hybridized carbons (Fsp3) is 0.357. The highest BCUT2D eigenvalue weighted by molar-refractivity contribution is 7.03. The molecule has 2 aromatic rings. The summed E-state index contributed by atoms with van der Waals surface area (Å²) in [5, 5.41) is 8.14. The molecule has 0 aliphatic rings. The zero-order valence-electron chi connectivity index (χ0n) is 11.3. The minimum atomic E-state index is -0.206. The van der Waals surface area contributed by atoms with Crippen molar-refractivity contribution >= 4 is 17.4 Å². The summed E-state index contributed by atoms with van der Waals surface area (Å²) in [7, 11) is 0. The lowest BCUT2D eigenvalue weighted by Crippen LogP contribution is -2.23. The molecule has 6 heteroatoms. The summed E-state index contributed by atoms with van der Waals surface area (Å²) in [6.45, 7) is 3.34. The Morgan fingerprint density at radius 3 is 2.80 bits per heavy atom. The number of rotatable bonds is 7. The summed E-state index contributed by atoms with van der Waals surface area (Å²) >= 11 is 1.16. The molecule has 1 amide bonds. The number of amides is 1. The van der Waals surface area contributed by atoms with Crippen LogP contribution < -0.4 is 10.1 Å².